The molecular weight excluding hydrogens is 317 g/mol. The van der Waals surface area contributed by atoms with Crippen LogP contribution in [0.3, 0.4) is 0 Å². The largest absolute Gasteiger partial charge is 0.416 e. The molecule has 0 bridgehead atoms. The molecule has 0 aromatic heterocycles. The normalized spacial score (nSPS) is 15.1. The van der Waals surface area contributed by atoms with Crippen LogP contribution in [0.15, 0.2) is 18.2 Å². The third-order valence-corrected chi connectivity index (χ3v) is 2.54. The van der Waals surface area contributed by atoms with Crippen LogP contribution in [-0.4, -0.2) is 6.18 Å². The smallest absolute Gasteiger partial charge is 0.324 e. The number of hydrogen-bond acceptors (Lipinski definition) is 1. The third-order valence-electron chi connectivity index (χ3n) is 2.54. The molecule has 0 saturated heterocycles. The number of rotatable bonds is 2. The van der Waals surface area contributed by atoms with Gasteiger partial charge in [0.15, 0.2) is 0 Å². The van der Waals surface area contributed by atoms with Crippen LogP contribution in [0, 0.1) is 0 Å². The van der Waals surface area contributed by atoms with E-state index in [0.717, 1.165) is 0 Å². The van der Waals surface area contributed by atoms with Crippen LogP contribution in [0.2, 0.25) is 0 Å². The molecule has 1 aromatic carbocycles. The Hall–Kier alpha value is -1.45. The molecule has 0 unspecified atom stereocenters. The van der Waals surface area contributed by atoms with Crippen molar-refractivity contribution in [1.29, 1.82) is 0 Å². The highest BCUT2D eigenvalue weighted by Crippen LogP contribution is 2.40. The molecule has 0 aliphatic rings. The Bertz CT molecular complexity index is 498. The molecule has 0 radical (unpaired) electrons. The van der Waals surface area contributed by atoms with Crippen molar-refractivity contribution in [2.45, 2.75) is 31.0 Å². The van der Waals surface area contributed by atoms with E-state index in [4.69, 9.17) is 5.73 Å². The van der Waals surface area contributed by atoms with Crippen molar-refractivity contribution in [3.63, 3.8) is 0 Å². The number of benzene rings is 1. The molecule has 0 spiro atoms. The van der Waals surface area contributed by atoms with Gasteiger partial charge in [-0.1, -0.05) is 0 Å². The summed E-state index contributed by atoms with van der Waals surface area (Å²) in [6.45, 7) is 0. The summed E-state index contributed by atoms with van der Waals surface area (Å²) >= 11 is 0. The maximum atomic E-state index is 12.7. The fraction of sp³-hybridized carbons (Fsp3) is 0.455. The Morgan fingerprint density at radius 2 is 1.38 bits per heavy atom. The fourth-order valence-corrected chi connectivity index (χ4v) is 1.66. The van der Waals surface area contributed by atoms with E-state index in [1.165, 1.54) is 0 Å². The average molecular weight is 325 g/mol. The highest BCUT2D eigenvalue weighted by atomic mass is 19.4. The number of halogens is 9. The topological polar surface area (TPSA) is 26.0 Å². The molecule has 120 valence electrons. The van der Waals surface area contributed by atoms with Crippen LogP contribution in [-0.2, 0) is 12.4 Å². The highest BCUT2D eigenvalue weighted by Gasteiger charge is 2.40. The van der Waals surface area contributed by atoms with Crippen molar-refractivity contribution in [2.24, 2.45) is 5.73 Å². The zero-order valence-electron chi connectivity index (χ0n) is 10.00. The summed E-state index contributed by atoms with van der Waals surface area (Å²) in [5.74, 6) is 0. The zero-order valence-corrected chi connectivity index (χ0v) is 10.00. The first-order valence-electron chi connectivity index (χ1n) is 5.32. The summed E-state index contributed by atoms with van der Waals surface area (Å²) in [7, 11) is 0. The molecule has 0 amide bonds. The molecule has 1 aromatic rings. The van der Waals surface area contributed by atoms with Crippen LogP contribution in [0.25, 0.3) is 0 Å². The fourth-order valence-electron chi connectivity index (χ4n) is 1.66. The maximum absolute atomic E-state index is 12.7. The lowest BCUT2D eigenvalue weighted by molar-refractivity contribution is -0.146. The molecule has 2 N–H and O–H groups in total. The summed E-state index contributed by atoms with van der Waals surface area (Å²) < 4.78 is 112. The monoisotopic (exact) mass is 325 g/mol. The van der Waals surface area contributed by atoms with E-state index < -0.39 is 47.7 Å². The Labute approximate surface area is 112 Å². The van der Waals surface area contributed by atoms with Crippen molar-refractivity contribution in [2.75, 3.05) is 0 Å². The summed E-state index contributed by atoms with van der Waals surface area (Å²) in [4.78, 5) is 0. The lowest BCUT2D eigenvalue weighted by Crippen LogP contribution is -2.24. The van der Waals surface area contributed by atoms with E-state index in [1.807, 2.05) is 0 Å². The predicted octanol–water partition coefficient (Wildman–Crippen LogP) is 4.68. The van der Waals surface area contributed by atoms with Gasteiger partial charge in [-0.15, -0.1) is 0 Å². The third kappa shape index (κ3) is 4.80. The van der Waals surface area contributed by atoms with Gasteiger partial charge < -0.3 is 5.73 Å². The first kappa shape index (κ1) is 17.6. The van der Waals surface area contributed by atoms with Gasteiger partial charge in [0.2, 0.25) is 0 Å². The predicted molar refractivity (Wildman–Crippen MR) is 54.0 cm³/mol. The Morgan fingerprint density at radius 1 is 0.857 bits per heavy atom. The molecule has 1 nitrogen and oxygen atoms in total. The maximum Gasteiger partial charge on any atom is 0.416 e. The Morgan fingerprint density at radius 3 is 1.76 bits per heavy atom. The molecule has 1 atom stereocenters. The summed E-state index contributed by atoms with van der Waals surface area (Å²) in [5, 5.41) is 0. The van der Waals surface area contributed by atoms with E-state index in [9.17, 15) is 39.5 Å². The van der Waals surface area contributed by atoms with Crippen molar-refractivity contribution < 1.29 is 39.5 Å². The van der Waals surface area contributed by atoms with Gasteiger partial charge in [0, 0.05) is 6.04 Å². The highest BCUT2D eigenvalue weighted by molar-refractivity contribution is 5.37. The summed E-state index contributed by atoms with van der Waals surface area (Å²) in [6.07, 6.45) is -16.9. The van der Waals surface area contributed by atoms with Gasteiger partial charge in [-0.3, -0.25) is 0 Å². The van der Waals surface area contributed by atoms with E-state index >= 15 is 0 Å². The molecule has 0 heterocycles. The van der Waals surface area contributed by atoms with Crippen LogP contribution in [0.5, 0.6) is 0 Å². The molecule has 0 saturated carbocycles. The van der Waals surface area contributed by atoms with Gasteiger partial charge in [0.05, 0.1) is 17.5 Å². The van der Waals surface area contributed by atoms with Crippen molar-refractivity contribution in [3.8, 4) is 0 Å². The van der Waals surface area contributed by atoms with Crippen molar-refractivity contribution in [1.82, 2.24) is 0 Å². The minimum absolute atomic E-state index is 0.000764. The summed E-state index contributed by atoms with van der Waals surface area (Å²) in [5.41, 5.74) is 0.647. The first-order valence-corrected chi connectivity index (χ1v) is 5.32. The molecule has 0 aliphatic carbocycles. The average Bonchev–Trinajstić information content (AvgIpc) is 2.23. The molecule has 1 rings (SSSR count). The number of hydrogen-bond donors (Lipinski definition) is 1. The van der Waals surface area contributed by atoms with E-state index in [2.05, 4.69) is 0 Å². The minimum Gasteiger partial charge on any atom is -0.324 e. The van der Waals surface area contributed by atoms with E-state index in [0.29, 0.717) is 0 Å². The van der Waals surface area contributed by atoms with E-state index in [1.54, 1.807) is 0 Å². The Kier molecular flexibility index (Phi) is 4.52. The van der Waals surface area contributed by atoms with Gasteiger partial charge >= 0.3 is 18.5 Å². The van der Waals surface area contributed by atoms with Crippen LogP contribution >= 0.6 is 0 Å². The van der Waals surface area contributed by atoms with Gasteiger partial charge in [-0.2, -0.15) is 39.5 Å². The molecule has 21 heavy (non-hydrogen) atoms. The standard InChI is InChI=1S/C11H8F9N/c12-9(13,14)4-8(21)6-3-5(10(15,16)17)1-2-7(6)11(18,19)20/h1-3,8H,4,21H2/t8-/m0/s1. The summed E-state index contributed by atoms with van der Waals surface area (Å²) in [6, 6.07) is -2.02. The Balaban J connectivity index is 3.36. The van der Waals surface area contributed by atoms with Gasteiger partial charge in [-0.05, 0) is 23.8 Å². The SMILES string of the molecule is N[C@@H](CC(F)(F)F)c1cc(C(F)(F)F)ccc1C(F)(F)F. The second-order valence-electron chi connectivity index (χ2n) is 4.22. The van der Waals surface area contributed by atoms with Crippen molar-refractivity contribution in [3.05, 3.63) is 34.9 Å². The van der Waals surface area contributed by atoms with Gasteiger partial charge in [-0.25, -0.2) is 0 Å². The van der Waals surface area contributed by atoms with Crippen LogP contribution < -0.4 is 5.73 Å². The molecule has 0 fully saturated rings. The van der Waals surface area contributed by atoms with Crippen LogP contribution in [0.1, 0.15) is 29.2 Å². The van der Waals surface area contributed by atoms with Crippen LogP contribution in [0.4, 0.5) is 39.5 Å². The lowest BCUT2D eigenvalue weighted by atomic mass is 9.95. The van der Waals surface area contributed by atoms with Gasteiger partial charge in [0.1, 0.15) is 0 Å². The van der Waals surface area contributed by atoms with E-state index in [-0.39, 0.29) is 18.2 Å². The zero-order chi connectivity index (χ0) is 16.6. The minimum atomic E-state index is -5.11. The lowest BCUT2D eigenvalue weighted by Gasteiger charge is -2.21. The first-order chi connectivity index (χ1) is 9.22. The quantitative estimate of drug-likeness (QED) is 0.785. The van der Waals surface area contributed by atoms with Gasteiger partial charge in [0.25, 0.3) is 0 Å². The second-order valence-corrected chi connectivity index (χ2v) is 4.22. The number of alkyl halides is 9. The second kappa shape index (κ2) is 5.39. The molecule has 0 aliphatic heterocycles. The molecule has 10 heteroatoms. The van der Waals surface area contributed by atoms with Crippen molar-refractivity contribution >= 4 is 0 Å². The number of nitrogens with two attached hydrogens (primary N) is 1. The molecular formula is C11H8F9N.